The molecule has 1 aromatic rings. The molecule has 1 aromatic heterocycles. The first-order valence-electron chi connectivity index (χ1n) is 4.65. The number of nitrogens with zero attached hydrogens (tertiary/aromatic N) is 1. The second-order valence-corrected chi connectivity index (χ2v) is 3.99. The molecule has 0 aliphatic carbocycles. The number of ether oxygens (including phenoxy) is 1. The van der Waals surface area contributed by atoms with Crippen molar-refractivity contribution in [3.05, 3.63) is 23.5 Å². The third-order valence-corrected chi connectivity index (χ3v) is 2.47. The maximum Gasteiger partial charge on any atom is 0.354 e. The van der Waals surface area contributed by atoms with Crippen molar-refractivity contribution in [1.82, 2.24) is 4.57 Å². The van der Waals surface area contributed by atoms with Gasteiger partial charge in [0.2, 0.25) is 0 Å². The Labute approximate surface area is 88.8 Å². The van der Waals surface area contributed by atoms with Gasteiger partial charge in [-0.15, -0.1) is 0 Å². The summed E-state index contributed by atoms with van der Waals surface area (Å²) < 4.78 is 6.31. The molecule has 0 atom stereocenters. The highest BCUT2D eigenvalue weighted by Gasteiger charge is 2.25. The monoisotopic (exact) mass is 209 g/mol. The second-order valence-electron chi connectivity index (χ2n) is 3.99. The molecule has 0 N–H and O–H groups in total. The van der Waals surface area contributed by atoms with Crippen LogP contribution in [0.1, 0.15) is 30.0 Å². The lowest BCUT2D eigenvalue weighted by atomic mass is 9.91. The van der Waals surface area contributed by atoms with Crippen LogP contribution in [0.5, 0.6) is 0 Å². The number of carbonyl (C=O) groups excluding carboxylic acids is 2. The van der Waals surface area contributed by atoms with Crippen molar-refractivity contribution in [1.29, 1.82) is 0 Å². The van der Waals surface area contributed by atoms with Crippen molar-refractivity contribution in [2.24, 2.45) is 7.05 Å². The fourth-order valence-corrected chi connectivity index (χ4v) is 1.53. The van der Waals surface area contributed by atoms with Crippen LogP contribution >= 0.6 is 0 Å². The largest absolute Gasteiger partial charge is 0.464 e. The Bertz CT molecular complexity index is 391. The Morgan fingerprint density at radius 3 is 2.53 bits per heavy atom. The summed E-state index contributed by atoms with van der Waals surface area (Å²) in [6.07, 6.45) is 0.864. The topological polar surface area (TPSA) is 48.3 Å². The highest BCUT2D eigenvalue weighted by atomic mass is 16.5. The quantitative estimate of drug-likeness (QED) is 0.556. The zero-order valence-corrected chi connectivity index (χ0v) is 9.40. The fourth-order valence-electron chi connectivity index (χ4n) is 1.53. The van der Waals surface area contributed by atoms with Gasteiger partial charge in [-0.3, -0.25) is 0 Å². The van der Waals surface area contributed by atoms with E-state index in [1.807, 2.05) is 0 Å². The van der Waals surface area contributed by atoms with E-state index in [0.717, 1.165) is 12.0 Å². The average molecular weight is 209 g/mol. The molecule has 1 heterocycles. The second kappa shape index (κ2) is 3.88. The molecule has 0 radical (unpaired) electrons. The number of rotatable bonds is 3. The highest BCUT2D eigenvalue weighted by molar-refractivity contribution is 5.88. The van der Waals surface area contributed by atoms with E-state index in [1.165, 1.54) is 7.11 Å². The summed E-state index contributed by atoms with van der Waals surface area (Å²) in [7, 11) is 3.08. The average Bonchev–Trinajstić information content (AvgIpc) is 2.59. The molecule has 4 nitrogen and oxygen atoms in total. The van der Waals surface area contributed by atoms with Crippen molar-refractivity contribution in [2.75, 3.05) is 7.11 Å². The first-order chi connectivity index (χ1) is 6.94. The molecule has 0 aliphatic rings. The van der Waals surface area contributed by atoms with Crippen LogP contribution in [0.15, 0.2) is 12.1 Å². The lowest BCUT2D eigenvalue weighted by molar-refractivity contribution is -0.111. The van der Waals surface area contributed by atoms with Crippen molar-refractivity contribution in [3.63, 3.8) is 0 Å². The number of hydrogen-bond donors (Lipinski definition) is 0. The predicted molar refractivity (Wildman–Crippen MR) is 55.8 cm³/mol. The van der Waals surface area contributed by atoms with Gasteiger partial charge in [0.1, 0.15) is 12.0 Å². The van der Waals surface area contributed by atoms with Gasteiger partial charge in [-0.1, -0.05) is 0 Å². The summed E-state index contributed by atoms with van der Waals surface area (Å²) in [5, 5.41) is 0. The third kappa shape index (κ3) is 1.93. The molecule has 0 saturated carbocycles. The van der Waals surface area contributed by atoms with E-state index < -0.39 is 11.4 Å². The van der Waals surface area contributed by atoms with E-state index in [-0.39, 0.29) is 0 Å². The van der Waals surface area contributed by atoms with Crippen LogP contribution in [0.4, 0.5) is 0 Å². The molecule has 0 unspecified atom stereocenters. The van der Waals surface area contributed by atoms with Gasteiger partial charge in [-0.25, -0.2) is 4.79 Å². The number of esters is 1. The van der Waals surface area contributed by atoms with E-state index in [4.69, 9.17) is 0 Å². The van der Waals surface area contributed by atoms with Gasteiger partial charge in [0.05, 0.1) is 12.5 Å². The maximum absolute atomic E-state index is 11.3. The maximum atomic E-state index is 11.3. The normalized spacial score (nSPS) is 11.2. The van der Waals surface area contributed by atoms with E-state index in [1.54, 1.807) is 37.6 Å². The molecule has 0 aliphatic heterocycles. The lowest BCUT2D eigenvalue weighted by Gasteiger charge is -2.18. The minimum Gasteiger partial charge on any atom is -0.464 e. The summed E-state index contributed by atoms with van der Waals surface area (Å²) >= 11 is 0. The van der Waals surface area contributed by atoms with E-state index in [2.05, 4.69) is 4.74 Å². The zero-order chi connectivity index (χ0) is 11.6. The molecular formula is C11H15NO3. The summed E-state index contributed by atoms with van der Waals surface area (Å²) in [6.45, 7) is 3.60. The molecule has 0 fully saturated rings. The number of methoxy groups -OCH3 is 1. The van der Waals surface area contributed by atoms with Crippen LogP contribution in [0, 0.1) is 0 Å². The molecule has 1 rings (SSSR count). The first-order valence-corrected chi connectivity index (χ1v) is 4.65. The third-order valence-electron chi connectivity index (χ3n) is 2.47. The number of aromatic nitrogens is 1. The Morgan fingerprint density at radius 1 is 1.47 bits per heavy atom. The van der Waals surface area contributed by atoms with Crippen LogP contribution in [-0.2, 0) is 22.0 Å². The predicted octanol–water partition coefficient (Wildman–Crippen LogP) is 1.29. The SMILES string of the molecule is COC(=O)c1ccc(C(C)(C)C=O)n1C. The van der Waals surface area contributed by atoms with Gasteiger partial charge < -0.3 is 14.1 Å². The Hall–Kier alpha value is -1.58. The number of carbonyl (C=O) groups is 2. The molecule has 4 heteroatoms. The molecule has 15 heavy (non-hydrogen) atoms. The standard InChI is InChI=1S/C11H15NO3/c1-11(2,7-13)9-6-5-8(12(9)3)10(14)15-4/h5-7H,1-4H3. The van der Waals surface area contributed by atoms with Gasteiger partial charge in [0, 0.05) is 12.7 Å². The Balaban J connectivity index is 3.20. The minimum atomic E-state index is -0.596. The van der Waals surface area contributed by atoms with Crippen molar-refractivity contribution in [3.8, 4) is 0 Å². The summed E-state index contributed by atoms with van der Waals surface area (Å²) in [5.41, 5.74) is 0.640. The van der Waals surface area contributed by atoms with Gasteiger partial charge in [-0.05, 0) is 26.0 Å². The van der Waals surface area contributed by atoms with E-state index >= 15 is 0 Å². The van der Waals surface area contributed by atoms with Crippen LogP contribution in [-0.4, -0.2) is 23.9 Å². The first kappa shape index (κ1) is 11.5. The molecule has 0 spiro atoms. The zero-order valence-electron chi connectivity index (χ0n) is 9.40. The number of hydrogen-bond acceptors (Lipinski definition) is 3. The summed E-state index contributed by atoms with van der Waals surface area (Å²) in [5.74, 6) is -0.398. The molecule has 0 saturated heterocycles. The Morgan fingerprint density at radius 2 is 2.07 bits per heavy atom. The minimum absolute atomic E-state index is 0.398. The highest BCUT2D eigenvalue weighted by Crippen LogP contribution is 2.22. The molecule has 0 bridgehead atoms. The van der Waals surface area contributed by atoms with Gasteiger partial charge >= 0.3 is 5.97 Å². The van der Waals surface area contributed by atoms with E-state index in [9.17, 15) is 9.59 Å². The summed E-state index contributed by atoms with van der Waals surface area (Å²) in [6, 6.07) is 3.42. The van der Waals surface area contributed by atoms with Crippen LogP contribution < -0.4 is 0 Å². The molecule has 82 valence electrons. The van der Waals surface area contributed by atoms with Crippen LogP contribution in [0.2, 0.25) is 0 Å². The van der Waals surface area contributed by atoms with Crippen LogP contribution in [0.3, 0.4) is 0 Å². The summed E-state index contributed by atoms with van der Waals surface area (Å²) in [4.78, 5) is 22.2. The Kier molecular flexibility index (Phi) is 2.98. The smallest absolute Gasteiger partial charge is 0.354 e. The van der Waals surface area contributed by atoms with Gasteiger partial charge in [0.15, 0.2) is 0 Å². The van der Waals surface area contributed by atoms with E-state index in [0.29, 0.717) is 5.69 Å². The molecule has 0 aromatic carbocycles. The van der Waals surface area contributed by atoms with Crippen molar-refractivity contribution in [2.45, 2.75) is 19.3 Å². The molecular weight excluding hydrogens is 194 g/mol. The van der Waals surface area contributed by atoms with Gasteiger partial charge in [0.25, 0.3) is 0 Å². The van der Waals surface area contributed by atoms with Crippen LogP contribution in [0.25, 0.3) is 0 Å². The van der Waals surface area contributed by atoms with Crippen molar-refractivity contribution < 1.29 is 14.3 Å². The lowest BCUT2D eigenvalue weighted by Crippen LogP contribution is -2.23. The number of aldehydes is 1. The molecule has 0 amide bonds. The fraction of sp³-hybridized carbons (Fsp3) is 0.455. The van der Waals surface area contributed by atoms with Crippen molar-refractivity contribution >= 4 is 12.3 Å². The van der Waals surface area contributed by atoms with Gasteiger partial charge in [-0.2, -0.15) is 0 Å².